The van der Waals surface area contributed by atoms with Gasteiger partial charge in [-0.05, 0) is 6.08 Å². The molecule has 0 aliphatic carbocycles. The van der Waals surface area contributed by atoms with E-state index in [4.69, 9.17) is 21.3 Å². The molecule has 8 N–H and O–H groups in total. The molecule has 1 amide bonds. The number of aliphatic hydroxyl groups excluding tert-OH is 3. The first-order valence-electron chi connectivity index (χ1n) is 6.60. The van der Waals surface area contributed by atoms with Crippen molar-refractivity contribution < 1.29 is 64.3 Å². The molecule has 0 aromatic rings. The van der Waals surface area contributed by atoms with Crippen molar-refractivity contribution in [3.8, 4) is 0 Å². The van der Waals surface area contributed by atoms with Crippen LogP contribution in [0.5, 0.6) is 0 Å². The number of ether oxygens (including phenoxy) is 1. The zero-order chi connectivity index (χ0) is 17.7. The first-order chi connectivity index (χ1) is 10.7. The number of carboxylic acids is 1. The standard InChI is InChI=1S/C12H20N4O7.Na/c1-4(18)15-8-5(16-12(13)14)2-7(11(21)22)23-10(8)9(20)6(19)3-17;/h2,5-6,8-10,17,19-20H,3H2,1H3,(H,15,18)(H,21,22)(H4,13,14,16);/q;+1/p-1/t5-,6+,8+,9+,10+;/m0./s1. The number of carbonyl (C=O) groups is 2. The molecule has 24 heavy (non-hydrogen) atoms. The molecule has 1 heterocycles. The fourth-order valence-corrected chi connectivity index (χ4v) is 2.13. The number of hydrogen-bond acceptors (Lipinski definition) is 8. The molecule has 0 unspecified atom stereocenters. The number of guanidine groups is 1. The summed E-state index contributed by atoms with van der Waals surface area (Å²) in [6.45, 7) is 0.363. The number of aliphatic imine (C=N–C) groups is 1. The van der Waals surface area contributed by atoms with Crippen LogP contribution in [0.2, 0.25) is 0 Å². The Bertz CT molecular complexity index is 524. The van der Waals surface area contributed by atoms with Crippen LogP contribution < -0.4 is 51.4 Å². The van der Waals surface area contributed by atoms with Crippen LogP contribution in [-0.2, 0) is 14.3 Å². The number of carbonyl (C=O) groups excluding carboxylic acids is 2. The number of nitrogens with one attached hydrogen (secondary N) is 1. The topological polar surface area (TPSA) is 204 Å². The van der Waals surface area contributed by atoms with Gasteiger partial charge in [0.25, 0.3) is 0 Å². The number of nitrogens with two attached hydrogens (primary N) is 2. The number of rotatable bonds is 6. The van der Waals surface area contributed by atoms with Gasteiger partial charge in [-0.2, -0.15) is 0 Å². The zero-order valence-electron chi connectivity index (χ0n) is 13.2. The van der Waals surface area contributed by atoms with Gasteiger partial charge in [0.15, 0.2) is 5.96 Å². The molecule has 0 aromatic heterocycles. The van der Waals surface area contributed by atoms with Crippen molar-refractivity contribution >= 4 is 17.8 Å². The molecule has 11 nitrogen and oxygen atoms in total. The second kappa shape index (κ2) is 9.81. The number of aliphatic hydroxyl groups is 3. The van der Waals surface area contributed by atoms with Crippen molar-refractivity contribution in [1.29, 1.82) is 0 Å². The Balaban J connectivity index is 0.00000529. The predicted molar refractivity (Wildman–Crippen MR) is 74.3 cm³/mol. The maximum atomic E-state index is 11.3. The van der Waals surface area contributed by atoms with Gasteiger partial charge in [-0.15, -0.1) is 0 Å². The van der Waals surface area contributed by atoms with Crippen LogP contribution >= 0.6 is 0 Å². The van der Waals surface area contributed by atoms with Crippen molar-refractivity contribution in [3.05, 3.63) is 11.8 Å². The van der Waals surface area contributed by atoms with E-state index in [2.05, 4.69) is 10.3 Å². The fourth-order valence-electron chi connectivity index (χ4n) is 2.13. The minimum atomic E-state index is -1.73. The molecule has 1 aliphatic heterocycles. The second-order valence-electron chi connectivity index (χ2n) is 4.91. The molecule has 1 aliphatic rings. The molecule has 0 spiro atoms. The number of amides is 1. The third kappa shape index (κ3) is 5.92. The van der Waals surface area contributed by atoms with Gasteiger partial charge < -0.3 is 46.7 Å². The van der Waals surface area contributed by atoms with Crippen molar-refractivity contribution in [3.63, 3.8) is 0 Å². The second-order valence-corrected chi connectivity index (χ2v) is 4.91. The zero-order valence-corrected chi connectivity index (χ0v) is 15.2. The number of aliphatic carboxylic acids is 1. The van der Waals surface area contributed by atoms with E-state index in [0.29, 0.717) is 0 Å². The van der Waals surface area contributed by atoms with Gasteiger partial charge >= 0.3 is 29.6 Å². The van der Waals surface area contributed by atoms with Crippen LogP contribution in [0.25, 0.3) is 0 Å². The molecular formula is C12H19N4NaO7. The summed E-state index contributed by atoms with van der Waals surface area (Å²) < 4.78 is 5.07. The van der Waals surface area contributed by atoms with E-state index in [0.717, 1.165) is 6.08 Å². The number of hydrogen-bond donors (Lipinski definition) is 6. The van der Waals surface area contributed by atoms with Crippen LogP contribution in [0.4, 0.5) is 0 Å². The Labute approximate surface area is 159 Å². The Hall–Kier alpha value is -1.37. The molecule has 1 rings (SSSR count). The Kier molecular flexibility index (Phi) is 9.25. The van der Waals surface area contributed by atoms with Crippen molar-refractivity contribution in [2.75, 3.05) is 6.61 Å². The molecule has 5 atom stereocenters. The van der Waals surface area contributed by atoms with E-state index in [1.165, 1.54) is 6.92 Å². The smallest absolute Gasteiger partial charge is 0.542 e. The molecule has 12 heteroatoms. The Morgan fingerprint density at radius 2 is 2.04 bits per heavy atom. The van der Waals surface area contributed by atoms with Gasteiger partial charge in [0.05, 0.1) is 18.7 Å². The van der Waals surface area contributed by atoms with E-state index in [9.17, 15) is 24.9 Å². The number of carboxylic acid groups (broad SMARTS) is 1. The molecule has 0 saturated heterocycles. The average molecular weight is 354 g/mol. The van der Waals surface area contributed by atoms with Crippen molar-refractivity contribution in [2.24, 2.45) is 16.5 Å². The first-order valence-corrected chi connectivity index (χ1v) is 6.60. The first kappa shape index (κ1) is 22.6. The summed E-state index contributed by atoms with van der Waals surface area (Å²) in [6.07, 6.45) is -3.80. The van der Waals surface area contributed by atoms with Gasteiger partial charge in [-0.1, -0.05) is 0 Å². The van der Waals surface area contributed by atoms with Crippen LogP contribution in [0, 0.1) is 0 Å². The third-order valence-corrected chi connectivity index (χ3v) is 3.09. The monoisotopic (exact) mass is 354 g/mol. The minimum Gasteiger partial charge on any atom is -0.542 e. The maximum Gasteiger partial charge on any atom is 1.00 e. The largest absolute Gasteiger partial charge is 1.00 e. The normalized spacial score (nSPS) is 25.2. The summed E-state index contributed by atoms with van der Waals surface area (Å²) in [4.78, 5) is 26.1. The summed E-state index contributed by atoms with van der Waals surface area (Å²) in [5.74, 6) is -3.29. The SMILES string of the molecule is CC(=O)N[C@H]1[C@H]([C@H](O)[C@H](O)CO)OC(C(=O)[O-])=C[C@@H]1N=C(N)N.[Na+]. The van der Waals surface area contributed by atoms with E-state index < -0.39 is 60.6 Å². The summed E-state index contributed by atoms with van der Waals surface area (Å²) >= 11 is 0. The van der Waals surface area contributed by atoms with Gasteiger partial charge in [0.1, 0.15) is 30.0 Å². The number of nitrogens with zero attached hydrogens (tertiary/aromatic N) is 1. The van der Waals surface area contributed by atoms with E-state index >= 15 is 0 Å². The van der Waals surface area contributed by atoms with Gasteiger partial charge in [-0.25, -0.2) is 4.99 Å². The maximum absolute atomic E-state index is 11.3. The summed E-state index contributed by atoms with van der Waals surface area (Å²) in [5, 5.41) is 42.0. The van der Waals surface area contributed by atoms with Crippen LogP contribution in [0.3, 0.4) is 0 Å². The average Bonchev–Trinajstić information content (AvgIpc) is 2.45. The molecule has 0 bridgehead atoms. The Morgan fingerprint density at radius 3 is 2.46 bits per heavy atom. The molecule has 130 valence electrons. The van der Waals surface area contributed by atoms with Crippen molar-refractivity contribution in [1.82, 2.24) is 5.32 Å². The molecule has 0 radical (unpaired) electrons. The summed E-state index contributed by atoms with van der Waals surface area (Å²) in [5.41, 5.74) is 10.6. The van der Waals surface area contributed by atoms with E-state index in [-0.39, 0.29) is 29.6 Å². The third-order valence-electron chi connectivity index (χ3n) is 3.09. The fraction of sp³-hybridized carbons (Fsp3) is 0.583. The quantitative estimate of drug-likeness (QED) is 0.152. The Morgan fingerprint density at radius 1 is 1.46 bits per heavy atom. The van der Waals surface area contributed by atoms with Gasteiger partial charge in [0.2, 0.25) is 5.91 Å². The van der Waals surface area contributed by atoms with Gasteiger partial charge in [0, 0.05) is 6.92 Å². The predicted octanol–water partition coefficient (Wildman–Crippen LogP) is -8.12. The molecular weight excluding hydrogens is 335 g/mol. The van der Waals surface area contributed by atoms with E-state index in [1.807, 2.05) is 0 Å². The molecule has 0 aromatic carbocycles. The van der Waals surface area contributed by atoms with E-state index in [1.54, 1.807) is 0 Å². The van der Waals surface area contributed by atoms with Gasteiger partial charge in [-0.3, -0.25) is 4.79 Å². The molecule has 0 saturated carbocycles. The summed E-state index contributed by atoms with van der Waals surface area (Å²) in [6, 6.07) is -2.18. The summed E-state index contributed by atoms with van der Waals surface area (Å²) in [7, 11) is 0. The van der Waals surface area contributed by atoms with Crippen LogP contribution in [0.1, 0.15) is 6.92 Å². The van der Waals surface area contributed by atoms with Crippen LogP contribution in [-0.4, -0.2) is 70.2 Å². The minimum absolute atomic E-state index is 0. The van der Waals surface area contributed by atoms with Crippen LogP contribution in [0.15, 0.2) is 16.8 Å². The van der Waals surface area contributed by atoms with Crippen molar-refractivity contribution in [2.45, 2.75) is 37.3 Å². The molecule has 0 fully saturated rings.